The summed E-state index contributed by atoms with van der Waals surface area (Å²) in [6.07, 6.45) is 2.27. The van der Waals surface area contributed by atoms with Gasteiger partial charge in [-0.2, -0.15) is 0 Å². The van der Waals surface area contributed by atoms with E-state index in [2.05, 4.69) is 66.0 Å². The zero-order valence-corrected chi connectivity index (χ0v) is 14.5. The third-order valence-electron chi connectivity index (χ3n) is 4.14. The molecule has 0 saturated heterocycles. The van der Waals surface area contributed by atoms with Crippen molar-refractivity contribution in [2.24, 2.45) is 0 Å². The molecule has 0 aliphatic rings. The van der Waals surface area contributed by atoms with Crippen molar-refractivity contribution in [1.29, 1.82) is 0 Å². The lowest BCUT2D eigenvalue weighted by Crippen LogP contribution is -2.15. The van der Waals surface area contributed by atoms with Crippen molar-refractivity contribution in [1.82, 2.24) is 5.32 Å². The summed E-state index contributed by atoms with van der Waals surface area (Å²) in [6.45, 7) is 2.50. The fraction of sp³-hybridized carbons (Fsp3) is 0.217. The first-order valence-corrected chi connectivity index (χ1v) is 8.90. The number of hydrogen-bond acceptors (Lipinski definition) is 2. The van der Waals surface area contributed by atoms with E-state index in [9.17, 15) is 0 Å². The smallest absolute Gasteiger partial charge is 0.120 e. The van der Waals surface area contributed by atoms with Crippen LogP contribution < -0.4 is 10.1 Å². The van der Waals surface area contributed by atoms with Gasteiger partial charge in [0.05, 0.1) is 0 Å². The predicted molar refractivity (Wildman–Crippen MR) is 104 cm³/mol. The van der Waals surface area contributed by atoms with Gasteiger partial charge in [-0.25, -0.2) is 0 Å². The molecule has 3 aromatic rings. The van der Waals surface area contributed by atoms with E-state index in [1.165, 1.54) is 16.7 Å². The van der Waals surface area contributed by atoms with Crippen LogP contribution in [-0.4, -0.2) is 6.54 Å². The first-order chi connectivity index (χ1) is 12.4. The summed E-state index contributed by atoms with van der Waals surface area (Å²) < 4.78 is 5.89. The second kappa shape index (κ2) is 9.65. The van der Waals surface area contributed by atoms with Crippen LogP contribution in [0.4, 0.5) is 0 Å². The van der Waals surface area contributed by atoms with Gasteiger partial charge in [0.2, 0.25) is 0 Å². The van der Waals surface area contributed by atoms with E-state index in [4.69, 9.17) is 4.74 Å². The minimum atomic E-state index is 0.606. The molecular formula is C23H25NO. The second-order valence-electron chi connectivity index (χ2n) is 6.19. The van der Waals surface area contributed by atoms with Crippen LogP contribution in [0.25, 0.3) is 0 Å². The summed E-state index contributed by atoms with van der Waals surface area (Å²) >= 11 is 0. The van der Waals surface area contributed by atoms with Gasteiger partial charge in [0, 0.05) is 6.54 Å². The number of hydrogen-bond donors (Lipinski definition) is 1. The number of nitrogens with one attached hydrogen (secondary N) is 1. The molecule has 0 amide bonds. The van der Waals surface area contributed by atoms with E-state index >= 15 is 0 Å². The molecule has 0 spiro atoms. The van der Waals surface area contributed by atoms with Crippen molar-refractivity contribution in [2.75, 3.05) is 6.54 Å². The highest BCUT2D eigenvalue weighted by Crippen LogP contribution is 2.15. The minimum Gasteiger partial charge on any atom is -0.489 e. The highest BCUT2D eigenvalue weighted by atomic mass is 16.5. The van der Waals surface area contributed by atoms with Crippen LogP contribution in [0.2, 0.25) is 0 Å². The van der Waals surface area contributed by atoms with Crippen LogP contribution in [0.15, 0.2) is 84.9 Å². The Labute approximate surface area is 150 Å². The maximum Gasteiger partial charge on any atom is 0.120 e. The quantitative estimate of drug-likeness (QED) is 0.558. The summed E-state index contributed by atoms with van der Waals surface area (Å²) in [7, 11) is 0. The minimum absolute atomic E-state index is 0.606. The van der Waals surface area contributed by atoms with Gasteiger partial charge in [-0.05, 0) is 48.2 Å². The summed E-state index contributed by atoms with van der Waals surface area (Å²) in [5.74, 6) is 0.924. The zero-order chi connectivity index (χ0) is 17.2. The van der Waals surface area contributed by atoms with Crippen LogP contribution in [-0.2, 0) is 19.6 Å². The van der Waals surface area contributed by atoms with Crippen molar-refractivity contribution in [3.8, 4) is 5.75 Å². The van der Waals surface area contributed by atoms with E-state index < -0.39 is 0 Å². The van der Waals surface area contributed by atoms with Crippen molar-refractivity contribution < 1.29 is 4.74 Å². The molecule has 2 nitrogen and oxygen atoms in total. The lowest BCUT2D eigenvalue weighted by molar-refractivity contribution is 0.306. The molecule has 0 heterocycles. The van der Waals surface area contributed by atoms with Gasteiger partial charge >= 0.3 is 0 Å². The zero-order valence-electron chi connectivity index (χ0n) is 14.5. The predicted octanol–water partition coefficient (Wildman–Crippen LogP) is 4.99. The first-order valence-electron chi connectivity index (χ1n) is 8.90. The Morgan fingerprint density at radius 1 is 0.680 bits per heavy atom. The van der Waals surface area contributed by atoms with E-state index in [0.717, 1.165) is 31.7 Å². The third kappa shape index (κ3) is 6.09. The monoisotopic (exact) mass is 331 g/mol. The molecule has 0 aliphatic heterocycles. The van der Waals surface area contributed by atoms with Crippen molar-refractivity contribution >= 4 is 0 Å². The average Bonchev–Trinajstić information content (AvgIpc) is 2.68. The Morgan fingerprint density at radius 2 is 1.36 bits per heavy atom. The SMILES string of the molecule is c1ccc(CCCNCc2cccc(OCc3ccccc3)c2)cc1. The van der Waals surface area contributed by atoms with Crippen LogP contribution in [0.1, 0.15) is 23.1 Å². The molecule has 1 N–H and O–H groups in total. The third-order valence-corrected chi connectivity index (χ3v) is 4.14. The van der Waals surface area contributed by atoms with Crippen LogP contribution in [0.3, 0.4) is 0 Å². The fourth-order valence-electron chi connectivity index (χ4n) is 2.78. The molecule has 3 rings (SSSR count). The molecule has 0 aliphatic carbocycles. The summed E-state index contributed by atoms with van der Waals surface area (Å²) in [5.41, 5.74) is 3.85. The molecule has 0 radical (unpaired) electrons. The first kappa shape index (κ1) is 17.2. The Kier molecular flexibility index (Phi) is 6.66. The molecule has 3 aromatic carbocycles. The van der Waals surface area contributed by atoms with E-state index in [1.807, 2.05) is 24.3 Å². The van der Waals surface area contributed by atoms with E-state index in [0.29, 0.717) is 6.61 Å². The second-order valence-corrected chi connectivity index (χ2v) is 6.19. The molecule has 0 unspecified atom stereocenters. The molecule has 2 heteroatoms. The average molecular weight is 331 g/mol. The molecule has 0 atom stereocenters. The molecule has 0 fully saturated rings. The number of benzene rings is 3. The van der Waals surface area contributed by atoms with Crippen molar-refractivity contribution in [3.63, 3.8) is 0 Å². The highest BCUT2D eigenvalue weighted by molar-refractivity contribution is 5.29. The number of ether oxygens (including phenoxy) is 1. The van der Waals surface area contributed by atoms with Crippen molar-refractivity contribution in [3.05, 3.63) is 102 Å². The van der Waals surface area contributed by atoms with Crippen molar-refractivity contribution in [2.45, 2.75) is 26.0 Å². The lowest BCUT2D eigenvalue weighted by Gasteiger charge is -2.09. The van der Waals surface area contributed by atoms with Crippen LogP contribution in [0, 0.1) is 0 Å². The van der Waals surface area contributed by atoms with Gasteiger partial charge in [-0.15, -0.1) is 0 Å². The van der Waals surface area contributed by atoms with Gasteiger partial charge in [0.15, 0.2) is 0 Å². The summed E-state index contributed by atoms with van der Waals surface area (Å²) in [5, 5.41) is 3.52. The van der Waals surface area contributed by atoms with Gasteiger partial charge in [0.25, 0.3) is 0 Å². The maximum atomic E-state index is 5.89. The number of aryl methyl sites for hydroxylation is 1. The fourth-order valence-corrected chi connectivity index (χ4v) is 2.78. The summed E-state index contributed by atoms with van der Waals surface area (Å²) in [6, 6.07) is 29.2. The largest absolute Gasteiger partial charge is 0.489 e. The van der Waals surface area contributed by atoms with Gasteiger partial charge in [0.1, 0.15) is 12.4 Å². The van der Waals surface area contributed by atoms with Gasteiger partial charge in [-0.3, -0.25) is 0 Å². The maximum absolute atomic E-state index is 5.89. The number of rotatable bonds is 9. The van der Waals surface area contributed by atoms with Crippen LogP contribution in [0.5, 0.6) is 5.75 Å². The molecular weight excluding hydrogens is 306 g/mol. The standard InChI is InChI=1S/C23H25NO/c1-3-9-20(10-4-1)14-8-16-24-18-22-13-7-15-23(17-22)25-19-21-11-5-2-6-12-21/h1-7,9-13,15,17,24H,8,14,16,18-19H2. The Morgan fingerprint density at radius 3 is 2.12 bits per heavy atom. The lowest BCUT2D eigenvalue weighted by atomic mass is 10.1. The van der Waals surface area contributed by atoms with Gasteiger partial charge < -0.3 is 10.1 Å². The molecule has 25 heavy (non-hydrogen) atoms. The Hall–Kier alpha value is -2.58. The van der Waals surface area contributed by atoms with Crippen LogP contribution >= 0.6 is 0 Å². The summed E-state index contributed by atoms with van der Waals surface area (Å²) in [4.78, 5) is 0. The molecule has 0 aromatic heterocycles. The normalized spacial score (nSPS) is 10.6. The molecule has 0 saturated carbocycles. The van der Waals surface area contributed by atoms with E-state index in [1.54, 1.807) is 0 Å². The highest BCUT2D eigenvalue weighted by Gasteiger charge is 1.99. The Balaban J connectivity index is 1.39. The Bertz CT molecular complexity index is 740. The molecule has 128 valence electrons. The van der Waals surface area contributed by atoms with Gasteiger partial charge in [-0.1, -0.05) is 72.8 Å². The van der Waals surface area contributed by atoms with E-state index in [-0.39, 0.29) is 0 Å². The molecule has 0 bridgehead atoms. The topological polar surface area (TPSA) is 21.3 Å².